The van der Waals surface area contributed by atoms with Crippen molar-refractivity contribution in [1.82, 2.24) is 0 Å². The molecular formula is C38H71O9P. The molecule has 0 aliphatic carbocycles. The topological polar surface area (TPSA) is 132 Å². The van der Waals surface area contributed by atoms with Crippen LogP contribution in [0.5, 0.6) is 0 Å². The van der Waals surface area contributed by atoms with Gasteiger partial charge in [0, 0.05) is 12.8 Å². The normalized spacial score (nSPS) is 16.9. The average molecular weight is 703 g/mol. The first-order valence-corrected chi connectivity index (χ1v) is 21.0. The number of carbonyl (C=O) groups excluding carboxylic acids is 2. The van der Waals surface area contributed by atoms with E-state index in [1.807, 2.05) is 0 Å². The highest BCUT2D eigenvalue weighted by molar-refractivity contribution is 7.46. The molecule has 2 N–H and O–H groups in total. The molecule has 10 heteroatoms. The van der Waals surface area contributed by atoms with E-state index in [2.05, 4.69) is 37.4 Å². The first-order valence-electron chi connectivity index (χ1n) is 19.5. The number of hydrogen-bond acceptors (Lipinski definition) is 7. The minimum atomic E-state index is -4.76. The van der Waals surface area contributed by atoms with Crippen LogP contribution in [-0.2, 0) is 32.9 Å². The van der Waals surface area contributed by atoms with Crippen molar-refractivity contribution < 1.29 is 42.7 Å². The molecule has 282 valence electrons. The monoisotopic (exact) mass is 702 g/mol. The van der Waals surface area contributed by atoms with E-state index >= 15 is 0 Å². The molecule has 3 atom stereocenters. The van der Waals surface area contributed by atoms with Crippen molar-refractivity contribution in [3.05, 3.63) is 12.2 Å². The van der Waals surface area contributed by atoms with E-state index in [-0.39, 0.29) is 19.4 Å². The smallest absolute Gasteiger partial charge is 0.462 e. The Balaban J connectivity index is 2.09. The number of phosphoric acid groups is 1. The van der Waals surface area contributed by atoms with E-state index in [4.69, 9.17) is 24.0 Å². The maximum absolute atomic E-state index is 12.4. The van der Waals surface area contributed by atoms with Crippen LogP contribution in [0.1, 0.15) is 181 Å². The van der Waals surface area contributed by atoms with Gasteiger partial charge in [-0.05, 0) is 44.4 Å². The third-order valence-corrected chi connectivity index (χ3v) is 9.37. The number of carbonyl (C=O) groups is 2. The van der Waals surface area contributed by atoms with Crippen molar-refractivity contribution in [2.24, 2.45) is 5.92 Å². The Morgan fingerprint density at radius 2 is 1.27 bits per heavy atom. The number of ether oxygens (including phenoxy) is 3. The summed E-state index contributed by atoms with van der Waals surface area (Å²) in [6, 6.07) is 0. The Bertz CT molecular complexity index is 872. The quantitative estimate of drug-likeness (QED) is 0.0221. The standard InChI is InChI=1S/C38H71O9P/c1-4-5-6-7-17-22-27-35-36(47-35)28-23-18-15-20-25-30-38(40)46-34(32-45-48(41,42)43)31-44-37(39)29-24-19-14-12-10-8-9-11-13-16-21-26-33(2)3/h17,22,33-36H,4-16,18-21,23-32H2,1-3H3,(H2,41,42,43)/b22-17-/t34-,35?,36?/m1/s1. The number of esters is 2. The molecule has 0 amide bonds. The Labute approximate surface area is 292 Å². The number of phosphoric ester groups is 1. The summed E-state index contributed by atoms with van der Waals surface area (Å²) in [5.74, 6) is -0.0941. The zero-order valence-electron chi connectivity index (χ0n) is 30.8. The number of hydrogen-bond donors (Lipinski definition) is 2. The Morgan fingerprint density at radius 3 is 1.85 bits per heavy atom. The SMILES string of the molecule is CCCCC/C=C\CC1OC1CCCCCCCC(=O)O[C@H](COC(=O)CCCCCCCCCCCCCC(C)C)COP(=O)(O)O. The molecule has 0 bridgehead atoms. The molecule has 1 saturated heterocycles. The van der Waals surface area contributed by atoms with Crippen LogP contribution in [0.25, 0.3) is 0 Å². The van der Waals surface area contributed by atoms with Gasteiger partial charge in [-0.2, -0.15) is 0 Å². The molecule has 0 aromatic carbocycles. The van der Waals surface area contributed by atoms with Gasteiger partial charge in [-0.3, -0.25) is 14.1 Å². The summed E-state index contributed by atoms with van der Waals surface area (Å²) in [6.45, 7) is 5.96. The van der Waals surface area contributed by atoms with Crippen LogP contribution in [0.4, 0.5) is 0 Å². The van der Waals surface area contributed by atoms with Gasteiger partial charge < -0.3 is 24.0 Å². The van der Waals surface area contributed by atoms with Gasteiger partial charge in [0.25, 0.3) is 0 Å². The van der Waals surface area contributed by atoms with Crippen molar-refractivity contribution in [3.63, 3.8) is 0 Å². The van der Waals surface area contributed by atoms with Gasteiger partial charge in [-0.1, -0.05) is 142 Å². The molecule has 1 aliphatic heterocycles. The van der Waals surface area contributed by atoms with Crippen LogP contribution in [0, 0.1) is 5.92 Å². The van der Waals surface area contributed by atoms with Crippen LogP contribution >= 0.6 is 7.82 Å². The minimum absolute atomic E-state index is 0.192. The Hall–Kier alpha value is -1.25. The van der Waals surface area contributed by atoms with Gasteiger partial charge in [-0.15, -0.1) is 0 Å². The zero-order valence-corrected chi connectivity index (χ0v) is 31.6. The van der Waals surface area contributed by atoms with E-state index in [0.29, 0.717) is 18.6 Å². The molecule has 0 aromatic heterocycles. The van der Waals surface area contributed by atoms with Crippen LogP contribution in [0.15, 0.2) is 12.2 Å². The Kier molecular flexibility index (Phi) is 27.5. The second-order valence-corrected chi connectivity index (χ2v) is 15.4. The number of rotatable bonds is 34. The van der Waals surface area contributed by atoms with E-state index < -0.39 is 32.5 Å². The van der Waals surface area contributed by atoms with Crippen molar-refractivity contribution in [2.45, 2.75) is 200 Å². The maximum atomic E-state index is 12.4. The highest BCUT2D eigenvalue weighted by atomic mass is 31.2. The van der Waals surface area contributed by atoms with Crippen LogP contribution in [0.3, 0.4) is 0 Å². The summed E-state index contributed by atoms with van der Waals surface area (Å²) in [5, 5.41) is 0. The van der Waals surface area contributed by atoms with Gasteiger partial charge in [-0.25, -0.2) is 4.57 Å². The molecule has 1 aliphatic rings. The van der Waals surface area contributed by atoms with Crippen molar-refractivity contribution in [1.29, 1.82) is 0 Å². The number of unbranched alkanes of at least 4 members (excludes halogenated alkanes) is 17. The predicted octanol–water partition coefficient (Wildman–Crippen LogP) is 10.3. The largest absolute Gasteiger partial charge is 0.469 e. The van der Waals surface area contributed by atoms with Gasteiger partial charge in [0.1, 0.15) is 6.61 Å². The van der Waals surface area contributed by atoms with E-state index in [9.17, 15) is 14.2 Å². The number of epoxide rings is 1. The molecule has 9 nitrogen and oxygen atoms in total. The molecule has 1 rings (SSSR count). The molecule has 0 aromatic rings. The fourth-order valence-corrected chi connectivity index (χ4v) is 6.22. The summed E-state index contributed by atoms with van der Waals surface area (Å²) in [7, 11) is -4.76. The molecule has 0 spiro atoms. The number of allylic oxidation sites excluding steroid dienone is 1. The third-order valence-electron chi connectivity index (χ3n) is 8.89. The summed E-state index contributed by atoms with van der Waals surface area (Å²) in [4.78, 5) is 42.8. The van der Waals surface area contributed by atoms with Crippen LogP contribution < -0.4 is 0 Å². The summed E-state index contributed by atoms with van der Waals surface area (Å²) in [6.07, 6.45) is 31.0. The highest BCUT2D eigenvalue weighted by Crippen LogP contribution is 2.36. The third kappa shape index (κ3) is 29.6. The van der Waals surface area contributed by atoms with Crippen molar-refractivity contribution >= 4 is 19.8 Å². The van der Waals surface area contributed by atoms with Crippen molar-refractivity contribution in [3.8, 4) is 0 Å². The molecular weight excluding hydrogens is 631 g/mol. The predicted molar refractivity (Wildman–Crippen MR) is 193 cm³/mol. The first-order chi connectivity index (χ1) is 23.1. The maximum Gasteiger partial charge on any atom is 0.469 e. The second-order valence-electron chi connectivity index (χ2n) is 14.1. The highest BCUT2D eigenvalue weighted by Gasteiger charge is 2.36. The van der Waals surface area contributed by atoms with Gasteiger partial charge in [0.05, 0.1) is 18.8 Å². The summed E-state index contributed by atoms with van der Waals surface area (Å²) < 4.78 is 32.1. The molecule has 1 fully saturated rings. The summed E-state index contributed by atoms with van der Waals surface area (Å²) >= 11 is 0. The lowest BCUT2D eigenvalue weighted by molar-refractivity contribution is -0.161. The van der Waals surface area contributed by atoms with Crippen molar-refractivity contribution in [2.75, 3.05) is 13.2 Å². The fourth-order valence-electron chi connectivity index (χ4n) is 5.86. The molecule has 1 heterocycles. The lowest BCUT2D eigenvalue weighted by atomic mass is 10.0. The van der Waals surface area contributed by atoms with Gasteiger partial charge >= 0.3 is 19.8 Å². The van der Waals surface area contributed by atoms with Crippen LogP contribution in [-0.4, -0.2) is 53.3 Å². The molecule has 0 radical (unpaired) electrons. The fraction of sp³-hybridized carbons (Fsp3) is 0.895. The van der Waals surface area contributed by atoms with Crippen LogP contribution in [0.2, 0.25) is 0 Å². The molecule has 48 heavy (non-hydrogen) atoms. The van der Waals surface area contributed by atoms with E-state index in [0.717, 1.165) is 70.1 Å². The van der Waals surface area contributed by atoms with E-state index in [1.165, 1.54) is 77.0 Å². The first kappa shape index (κ1) is 44.8. The van der Waals surface area contributed by atoms with E-state index in [1.54, 1.807) is 0 Å². The lowest BCUT2D eigenvalue weighted by Gasteiger charge is -2.18. The minimum Gasteiger partial charge on any atom is -0.462 e. The molecule has 2 unspecified atom stereocenters. The zero-order chi connectivity index (χ0) is 35.3. The summed E-state index contributed by atoms with van der Waals surface area (Å²) in [5.41, 5.74) is 0. The molecule has 0 saturated carbocycles. The lowest BCUT2D eigenvalue weighted by Crippen LogP contribution is -2.29. The second kappa shape index (κ2) is 29.5. The Morgan fingerprint density at radius 1 is 0.708 bits per heavy atom. The van der Waals surface area contributed by atoms with Gasteiger partial charge in [0.15, 0.2) is 6.10 Å². The van der Waals surface area contributed by atoms with Gasteiger partial charge in [0.2, 0.25) is 0 Å². The average Bonchev–Trinajstić information content (AvgIpc) is 3.79.